The molecule has 0 spiro atoms. The van der Waals surface area contributed by atoms with Crippen LogP contribution in [-0.2, 0) is 6.42 Å². The topological polar surface area (TPSA) is 64.9 Å². The molecule has 2 aromatic rings. The first-order valence-electron chi connectivity index (χ1n) is 5.31. The number of rotatable bonds is 2. The molecule has 0 saturated heterocycles. The minimum absolute atomic E-state index is 0.543. The SMILES string of the molecule is CCc1nnc(-c2cc(N)c(C)cc2C)o1. The molecule has 84 valence electrons. The minimum Gasteiger partial charge on any atom is -0.421 e. The average Bonchev–Trinajstić information content (AvgIpc) is 2.71. The van der Waals surface area contributed by atoms with Gasteiger partial charge in [-0.3, -0.25) is 0 Å². The summed E-state index contributed by atoms with van der Waals surface area (Å²) in [4.78, 5) is 0. The van der Waals surface area contributed by atoms with Crippen LogP contribution in [-0.4, -0.2) is 10.2 Å². The highest BCUT2D eigenvalue weighted by atomic mass is 16.4. The Kier molecular flexibility index (Phi) is 2.64. The van der Waals surface area contributed by atoms with E-state index in [1.807, 2.05) is 32.9 Å². The number of aromatic nitrogens is 2. The first-order chi connectivity index (χ1) is 7.61. The van der Waals surface area contributed by atoms with E-state index >= 15 is 0 Å². The number of nitrogens with zero attached hydrogens (tertiary/aromatic N) is 2. The molecule has 0 unspecified atom stereocenters. The molecule has 1 aromatic heterocycles. The van der Waals surface area contributed by atoms with E-state index in [1.165, 1.54) is 0 Å². The lowest BCUT2D eigenvalue weighted by Gasteiger charge is -2.05. The Bertz CT molecular complexity index is 517. The third-order valence-electron chi connectivity index (χ3n) is 2.61. The summed E-state index contributed by atoms with van der Waals surface area (Å²) in [5.41, 5.74) is 9.70. The number of anilines is 1. The summed E-state index contributed by atoms with van der Waals surface area (Å²) in [6.07, 6.45) is 0.743. The predicted octanol–water partition coefficient (Wildman–Crippen LogP) is 2.50. The van der Waals surface area contributed by atoms with Crippen LogP contribution in [0.25, 0.3) is 11.5 Å². The van der Waals surface area contributed by atoms with Gasteiger partial charge in [-0.15, -0.1) is 10.2 Å². The fraction of sp³-hybridized carbons (Fsp3) is 0.333. The fourth-order valence-electron chi connectivity index (χ4n) is 1.60. The highest BCUT2D eigenvalue weighted by Crippen LogP contribution is 2.26. The van der Waals surface area contributed by atoms with E-state index in [9.17, 15) is 0 Å². The molecule has 4 heteroatoms. The largest absolute Gasteiger partial charge is 0.421 e. The number of nitrogen functional groups attached to an aromatic ring is 1. The van der Waals surface area contributed by atoms with Gasteiger partial charge in [-0.2, -0.15) is 0 Å². The number of aryl methyl sites for hydroxylation is 3. The Hall–Kier alpha value is -1.84. The molecule has 2 N–H and O–H groups in total. The summed E-state index contributed by atoms with van der Waals surface area (Å²) in [6, 6.07) is 3.91. The summed E-state index contributed by atoms with van der Waals surface area (Å²) in [7, 11) is 0. The molecule has 0 radical (unpaired) electrons. The zero-order chi connectivity index (χ0) is 11.7. The summed E-state index contributed by atoms with van der Waals surface area (Å²) < 4.78 is 5.52. The second kappa shape index (κ2) is 3.96. The van der Waals surface area contributed by atoms with Crippen LogP contribution in [0.2, 0.25) is 0 Å². The lowest BCUT2D eigenvalue weighted by Crippen LogP contribution is -1.93. The third-order valence-corrected chi connectivity index (χ3v) is 2.61. The summed E-state index contributed by atoms with van der Waals surface area (Å²) in [5, 5.41) is 7.96. The van der Waals surface area contributed by atoms with E-state index in [4.69, 9.17) is 10.2 Å². The molecule has 1 aromatic carbocycles. The summed E-state index contributed by atoms with van der Waals surface area (Å²) in [6.45, 7) is 5.97. The van der Waals surface area contributed by atoms with Gasteiger partial charge in [-0.1, -0.05) is 13.0 Å². The van der Waals surface area contributed by atoms with Gasteiger partial charge in [-0.25, -0.2) is 0 Å². The van der Waals surface area contributed by atoms with Crippen LogP contribution >= 0.6 is 0 Å². The maximum Gasteiger partial charge on any atom is 0.248 e. The van der Waals surface area contributed by atoms with Gasteiger partial charge in [0.1, 0.15) is 0 Å². The molecular weight excluding hydrogens is 202 g/mol. The van der Waals surface area contributed by atoms with Gasteiger partial charge in [0.05, 0.1) is 0 Å². The molecule has 0 aliphatic carbocycles. The van der Waals surface area contributed by atoms with E-state index < -0.39 is 0 Å². The number of hydrogen-bond donors (Lipinski definition) is 1. The van der Waals surface area contributed by atoms with Crippen molar-refractivity contribution in [2.45, 2.75) is 27.2 Å². The Morgan fingerprint density at radius 3 is 2.56 bits per heavy atom. The van der Waals surface area contributed by atoms with E-state index in [2.05, 4.69) is 10.2 Å². The van der Waals surface area contributed by atoms with E-state index in [-0.39, 0.29) is 0 Å². The lowest BCUT2D eigenvalue weighted by molar-refractivity contribution is 0.512. The molecule has 0 bridgehead atoms. The molecule has 0 amide bonds. The maximum absolute atomic E-state index is 5.88. The van der Waals surface area contributed by atoms with Crippen LogP contribution in [0.15, 0.2) is 16.5 Å². The van der Waals surface area contributed by atoms with Crippen LogP contribution < -0.4 is 5.73 Å². The minimum atomic E-state index is 0.543. The van der Waals surface area contributed by atoms with Gasteiger partial charge in [0.2, 0.25) is 11.8 Å². The predicted molar refractivity (Wildman–Crippen MR) is 63.0 cm³/mol. The molecule has 1 heterocycles. The highest BCUT2D eigenvalue weighted by molar-refractivity contribution is 5.66. The molecule has 0 aliphatic rings. The Balaban J connectivity index is 2.51. The lowest BCUT2D eigenvalue weighted by atomic mass is 10.0. The molecule has 2 rings (SSSR count). The smallest absolute Gasteiger partial charge is 0.248 e. The number of hydrogen-bond acceptors (Lipinski definition) is 4. The van der Waals surface area contributed by atoms with Crippen molar-refractivity contribution in [3.8, 4) is 11.5 Å². The number of benzene rings is 1. The van der Waals surface area contributed by atoms with Crippen molar-refractivity contribution in [3.63, 3.8) is 0 Å². The van der Waals surface area contributed by atoms with Gasteiger partial charge in [0.25, 0.3) is 0 Å². The monoisotopic (exact) mass is 217 g/mol. The van der Waals surface area contributed by atoms with Crippen molar-refractivity contribution >= 4 is 5.69 Å². The van der Waals surface area contributed by atoms with Crippen molar-refractivity contribution in [3.05, 3.63) is 29.2 Å². The second-order valence-electron chi connectivity index (χ2n) is 3.88. The van der Waals surface area contributed by atoms with E-state index in [0.29, 0.717) is 11.8 Å². The summed E-state index contributed by atoms with van der Waals surface area (Å²) >= 11 is 0. The summed E-state index contributed by atoms with van der Waals surface area (Å²) in [5.74, 6) is 1.19. The molecule has 0 atom stereocenters. The normalized spacial score (nSPS) is 10.7. The van der Waals surface area contributed by atoms with Gasteiger partial charge in [0, 0.05) is 17.7 Å². The average molecular weight is 217 g/mol. The van der Waals surface area contributed by atoms with Crippen molar-refractivity contribution < 1.29 is 4.42 Å². The fourth-order valence-corrected chi connectivity index (χ4v) is 1.60. The first-order valence-corrected chi connectivity index (χ1v) is 5.31. The third kappa shape index (κ3) is 1.78. The van der Waals surface area contributed by atoms with Crippen LogP contribution in [0.1, 0.15) is 23.9 Å². The van der Waals surface area contributed by atoms with Crippen molar-refractivity contribution in [1.29, 1.82) is 0 Å². The quantitative estimate of drug-likeness (QED) is 0.785. The van der Waals surface area contributed by atoms with Gasteiger partial charge in [0.15, 0.2) is 0 Å². The van der Waals surface area contributed by atoms with Gasteiger partial charge >= 0.3 is 0 Å². The van der Waals surface area contributed by atoms with Gasteiger partial charge < -0.3 is 10.2 Å². The van der Waals surface area contributed by atoms with E-state index in [0.717, 1.165) is 28.8 Å². The molecule has 16 heavy (non-hydrogen) atoms. The van der Waals surface area contributed by atoms with Crippen molar-refractivity contribution in [2.75, 3.05) is 5.73 Å². The molecular formula is C12H15N3O. The Labute approximate surface area is 94.5 Å². The molecule has 4 nitrogen and oxygen atoms in total. The molecule has 0 aliphatic heterocycles. The zero-order valence-corrected chi connectivity index (χ0v) is 9.74. The van der Waals surface area contributed by atoms with Crippen LogP contribution in [0, 0.1) is 13.8 Å². The van der Waals surface area contributed by atoms with Crippen molar-refractivity contribution in [2.24, 2.45) is 0 Å². The van der Waals surface area contributed by atoms with Crippen LogP contribution in [0.4, 0.5) is 5.69 Å². The van der Waals surface area contributed by atoms with Crippen LogP contribution in [0.3, 0.4) is 0 Å². The standard InChI is InChI=1S/C12H15N3O/c1-4-11-14-15-12(16-11)9-6-10(13)8(3)5-7(9)2/h5-6H,4,13H2,1-3H3. The molecule has 0 fully saturated rings. The van der Waals surface area contributed by atoms with Crippen LogP contribution in [0.5, 0.6) is 0 Å². The Morgan fingerprint density at radius 1 is 1.19 bits per heavy atom. The van der Waals surface area contributed by atoms with Crippen molar-refractivity contribution in [1.82, 2.24) is 10.2 Å². The zero-order valence-electron chi connectivity index (χ0n) is 9.74. The highest BCUT2D eigenvalue weighted by Gasteiger charge is 2.11. The first kappa shape index (κ1) is 10.7. The second-order valence-corrected chi connectivity index (χ2v) is 3.88. The maximum atomic E-state index is 5.88. The number of nitrogens with two attached hydrogens (primary N) is 1. The van der Waals surface area contributed by atoms with E-state index in [1.54, 1.807) is 0 Å². The Morgan fingerprint density at radius 2 is 1.94 bits per heavy atom. The molecule has 0 saturated carbocycles. The van der Waals surface area contributed by atoms with Gasteiger partial charge in [-0.05, 0) is 31.0 Å².